The molecule has 1 aliphatic rings. The molecule has 2 aromatic rings. The third-order valence-electron chi connectivity index (χ3n) is 4.08. The number of oxazole rings is 1. The van der Waals surface area contributed by atoms with E-state index in [9.17, 15) is 4.79 Å². The van der Waals surface area contributed by atoms with E-state index in [1.807, 2.05) is 12.1 Å². The summed E-state index contributed by atoms with van der Waals surface area (Å²) < 4.78 is 6.76. The minimum atomic E-state index is -0.306. The van der Waals surface area contributed by atoms with Gasteiger partial charge < -0.3 is 4.42 Å². The molecule has 1 aliphatic carbocycles. The highest BCUT2D eigenvalue weighted by molar-refractivity contribution is 9.09. The maximum Gasteiger partial charge on any atom is 0.419 e. The summed E-state index contributed by atoms with van der Waals surface area (Å²) in [5, 5.41) is 0. The predicted octanol–water partition coefficient (Wildman–Crippen LogP) is 3.61. The van der Waals surface area contributed by atoms with E-state index in [4.69, 9.17) is 4.42 Å². The van der Waals surface area contributed by atoms with Crippen LogP contribution in [0.15, 0.2) is 27.4 Å². The van der Waals surface area contributed by atoms with Crippen LogP contribution >= 0.6 is 15.9 Å². The number of alkyl halides is 1. The topological polar surface area (TPSA) is 35.1 Å². The van der Waals surface area contributed by atoms with Gasteiger partial charge in [0, 0.05) is 11.9 Å². The molecule has 1 aromatic carbocycles. The smallest absolute Gasteiger partial charge is 0.408 e. The van der Waals surface area contributed by atoms with Crippen LogP contribution in [0.25, 0.3) is 11.1 Å². The second-order valence-corrected chi connectivity index (χ2v) is 6.84. The number of hydrogen-bond acceptors (Lipinski definition) is 2. The third kappa shape index (κ3) is 1.74. The molecule has 96 valence electrons. The van der Waals surface area contributed by atoms with Crippen molar-refractivity contribution in [2.75, 3.05) is 0 Å². The zero-order chi connectivity index (χ0) is 13.1. The van der Waals surface area contributed by atoms with Gasteiger partial charge >= 0.3 is 5.76 Å². The average molecular weight is 310 g/mol. The summed E-state index contributed by atoms with van der Waals surface area (Å²) in [6, 6.07) is 6.01. The number of fused-ring (bicyclic) bond motifs is 1. The number of rotatable bonds is 2. The number of benzene rings is 1. The predicted molar refractivity (Wildman–Crippen MR) is 75.0 cm³/mol. The summed E-state index contributed by atoms with van der Waals surface area (Å²) in [7, 11) is 1.73. The van der Waals surface area contributed by atoms with Gasteiger partial charge in [0.15, 0.2) is 5.58 Å². The van der Waals surface area contributed by atoms with Crippen molar-refractivity contribution in [1.29, 1.82) is 0 Å². The summed E-state index contributed by atoms with van der Waals surface area (Å²) in [5.41, 5.74) is 3.12. The fraction of sp³-hybridized carbons (Fsp3) is 0.500. The monoisotopic (exact) mass is 309 g/mol. The number of aromatic nitrogens is 1. The van der Waals surface area contributed by atoms with Gasteiger partial charge in [0.25, 0.3) is 0 Å². The van der Waals surface area contributed by atoms with Crippen molar-refractivity contribution in [1.82, 2.24) is 4.57 Å². The van der Waals surface area contributed by atoms with Gasteiger partial charge in [0.1, 0.15) is 0 Å². The molecule has 4 heteroatoms. The Hall–Kier alpha value is -1.03. The highest BCUT2D eigenvalue weighted by atomic mass is 79.9. The molecule has 2 atom stereocenters. The summed E-state index contributed by atoms with van der Waals surface area (Å²) >= 11 is 3.77. The Morgan fingerprint density at radius 1 is 1.50 bits per heavy atom. The van der Waals surface area contributed by atoms with E-state index in [0.29, 0.717) is 21.7 Å². The van der Waals surface area contributed by atoms with Crippen LogP contribution in [0.5, 0.6) is 0 Å². The first-order chi connectivity index (χ1) is 8.40. The Bertz CT molecular complexity index is 668. The Kier molecular flexibility index (Phi) is 2.49. The van der Waals surface area contributed by atoms with Crippen LogP contribution < -0.4 is 5.76 Å². The first-order valence-corrected chi connectivity index (χ1v) is 7.05. The minimum absolute atomic E-state index is 0.306. The first kappa shape index (κ1) is 12.0. The lowest BCUT2D eigenvalue weighted by Crippen LogP contribution is -2.08. The second kappa shape index (κ2) is 3.73. The van der Waals surface area contributed by atoms with E-state index >= 15 is 0 Å². The molecular weight excluding hydrogens is 294 g/mol. The van der Waals surface area contributed by atoms with Crippen LogP contribution in [-0.4, -0.2) is 4.57 Å². The summed E-state index contributed by atoms with van der Waals surface area (Å²) in [6.07, 6.45) is 1.24. The standard InChI is InChI=1S/C14H16BrNO2/c1-14(2)7-9(14)12(15)8-4-5-10-11(6-8)18-13(17)16(10)3/h4-6,9,12H,7H2,1-3H3. The van der Waals surface area contributed by atoms with E-state index in [0.717, 1.165) is 5.52 Å². The zero-order valence-corrected chi connectivity index (χ0v) is 12.3. The molecular formula is C14H16BrNO2. The molecule has 0 amide bonds. The fourth-order valence-corrected chi connectivity index (χ4v) is 3.75. The van der Waals surface area contributed by atoms with E-state index in [1.165, 1.54) is 16.6 Å². The summed E-state index contributed by atoms with van der Waals surface area (Å²) in [4.78, 5) is 11.8. The molecule has 0 radical (unpaired) electrons. The number of hydrogen-bond donors (Lipinski definition) is 0. The van der Waals surface area contributed by atoms with E-state index in [-0.39, 0.29) is 5.76 Å². The Labute approximate surface area is 114 Å². The molecule has 0 bridgehead atoms. The highest BCUT2D eigenvalue weighted by Crippen LogP contribution is 2.60. The molecule has 0 spiro atoms. The molecule has 18 heavy (non-hydrogen) atoms. The fourth-order valence-electron chi connectivity index (χ4n) is 2.56. The van der Waals surface area contributed by atoms with Gasteiger partial charge in [0.05, 0.1) is 5.52 Å². The zero-order valence-electron chi connectivity index (χ0n) is 10.7. The number of nitrogens with zero attached hydrogens (tertiary/aromatic N) is 1. The van der Waals surface area contributed by atoms with Gasteiger partial charge in [-0.3, -0.25) is 4.57 Å². The molecule has 1 fully saturated rings. The van der Waals surface area contributed by atoms with Gasteiger partial charge in [-0.2, -0.15) is 0 Å². The minimum Gasteiger partial charge on any atom is -0.408 e. The van der Waals surface area contributed by atoms with Crippen LogP contribution in [0.1, 0.15) is 30.7 Å². The lowest BCUT2D eigenvalue weighted by molar-refractivity contribution is 0.527. The largest absolute Gasteiger partial charge is 0.419 e. The average Bonchev–Trinajstić information content (AvgIpc) is 2.86. The maximum atomic E-state index is 11.5. The molecule has 3 nitrogen and oxygen atoms in total. The summed E-state index contributed by atoms with van der Waals surface area (Å²) in [5.74, 6) is 0.352. The van der Waals surface area contributed by atoms with Crippen LogP contribution in [0.2, 0.25) is 0 Å². The molecule has 3 rings (SSSR count). The van der Waals surface area contributed by atoms with Crippen molar-refractivity contribution >= 4 is 27.0 Å². The van der Waals surface area contributed by atoms with Crippen LogP contribution in [0.4, 0.5) is 0 Å². The molecule has 0 saturated heterocycles. The summed E-state index contributed by atoms with van der Waals surface area (Å²) in [6.45, 7) is 4.57. The lowest BCUT2D eigenvalue weighted by atomic mass is 10.0. The molecule has 0 N–H and O–H groups in total. The first-order valence-electron chi connectivity index (χ1n) is 6.14. The second-order valence-electron chi connectivity index (χ2n) is 5.86. The molecule has 1 saturated carbocycles. The normalized spacial score (nSPS) is 23.2. The number of halogens is 1. The Balaban J connectivity index is 2.01. The van der Waals surface area contributed by atoms with Crippen molar-refractivity contribution in [3.05, 3.63) is 34.3 Å². The third-order valence-corrected chi connectivity index (χ3v) is 5.24. The van der Waals surface area contributed by atoms with E-state index in [1.54, 1.807) is 7.05 Å². The van der Waals surface area contributed by atoms with Crippen molar-refractivity contribution in [3.8, 4) is 0 Å². The molecule has 2 unspecified atom stereocenters. The lowest BCUT2D eigenvalue weighted by Gasteiger charge is -2.11. The van der Waals surface area contributed by atoms with E-state index < -0.39 is 0 Å². The quantitative estimate of drug-likeness (QED) is 0.794. The van der Waals surface area contributed by atoms with Crippen LogP contribution in [-0.2, 0) is 7.05 Å². The van der Waals surface area contributed by atoms with E-state index in [2.05, 4.69) is 35.8 Å². The van der Waals surface area contributed by atoms with Crippen LogP contribution in [0.3, 0.4) is 0 Å². The Morgan fingerprint density at radius 2 is 2.17 bits per heavy atom. The molecule has 1 heterocycles. The SMILES string of the molecule is Cn1c(=O)oc2cc(C(Br)C3CC3(C)C)ccc21. The highest BCUT2D eigenvalue weighted by Gasteiger charge is 2.49. The van der Waals surface area contributed by atoms with Crippen molar-refractivity contribution in [2.24, 2.45) is 18.4 Å². The number of aryl methyl sites for hydroxylation is 1. The van der Waals surface area contributed by atoms with Crippen LogP contribution in [0, 0.1) is 11.3 Å². The van der Waals surface area contributed by atoms with Gasteiger partial charge in [-0.15, -0.1) is 0 Å². The van der Waals surface area contributed by atoms with Crippen molar-refractivity contribution in [3.63, 3.8) is 0 Å². The van der Waals surface area contributed by atoms with Gasteiger partial charge in [-0.1, -0.05) is 35.8 Å². The van der Waals surface area contributed by atoms with Gasteiger partial charge in [-0.25, -0.2) is 4.79 Å². The maximum absolute atomic E-state index is 11.5. The van der Waals surface area contributed by atoms with Crippen molar-refractivity contribution < 1.29 is 4.42 Å². The molecule has 1 aromatic heterocycles. The Morgan fingerprint density at radius 3 is 2.78 bits per heavy atom. The van der Waals surface area contributed by atoms with Crippen molar-refractivity contribution in [2.45, 2.75) is 25.1 Å². The van der Waals surface area contributed by atoms with Gasteiger partial charge in [-0.05, 0) is 35.4 Å². The van der Waals surface area contributed by atoms with Gasteiger partial charge in [0.2, 0.25) is 0 Å². The molecule has 0 aliphatic heterocycles.